The Morgan fingerprint density at radius 2 is 2.29 bits per heavy atom. The molecule has 0 amide bonds. The van der Waals surface area contributed by atoms with Crippen LogP contribution in [0.2, 0.25) is 0 Å². The van der Waals surface area contributed by atoms with E-state index in [4.69, 9.17) is 5.73 Å². The average molecular weight is 192 g/mol. The lowest BCUT2D eigenvalue weighted by atomic mass is 9.91. The summed E-state index contributed by atoms with van der Waals surface area (Å²) in [4.78, 5) is 0. The molecule has 76 valence electrons. The van der Waals surface area contributed by atoms with Crippen LogP contribution in [0.1, 0.15) is 17.5 Å². The van der Waals surface area contributed by atoms with Gasteiger partial charge in [-0.1, -0.05) is 12.1 Å². The molecule has 1 unspecified atom stereocenters. The number of nitrogens with two attached hydrogens (primary N) is 1. The third kappa shape index (κ3) is 1.49. The standard InChI is InChI=1S/C11H16N2O/c1-8-2-3-9(10(12)6-8)11(14)4-5-13-7-11/h2-3,6,13-14H,4-5,7,12H2,1H3. The summed E-state index contributed by atoms with van der Waals surface area (Å²) in [6.07, 6.45) is 0.736. The van der Waals surface area contributed by atoms with Gasteiger partial charge in [-0.3, -0.25) is 0 Å². The number of β-amino-alcohol motifs (C(OH)–C–C–N with tert-alkyl or cyclic N) is 1. The predicted octanol–water partition coefficient (Wildman–Crippen LogP) is 0.758. The molecule has 1 aliphatic rings. The molecule has 0 bridgehead atoms. The van der Waals surface area contributed by atoms with E-state index in [1.54, 1.807) is 0 Å². The van der Waals surface area contributed by atoms with Crippen LogP contribution in [-0.4, -0.2) is 18.2 Å². The van der Waals surface area contributed by atoms with Gasteiger partial charge in [0.15, 0.2) is 0 Å². The van der Waals surface area contributed by atoms with E-state index >= 15 is 0 Å². The van der Waals surface area contributed by atoms with Gasteiger partial charge in [-0.05, 0) is 31.5 Å². The topological polar surface area (TPSA) is 58.3 Å². The minimum Gasteiger partial charge on any atom is -0.398 e. The summed E-state index contributed by atoms with van der Waals surface area (Å²) in [6.45, 7) is 3.45. The van der Waals surface area contributed by atoms with Crippen LogP contribution < -0.4 is 11.1 Å². The predicted molar refractivity (Wildman–Crippen MR) is 57.0 cm³/mol. The summed E-state index contributed by atoms with van der Waals surface area (Å²) in [5.74, 6) is 0. The van der Waals surface area contributed by atoms with Crippen molar-refractivity contribution in [2.45, 2.75) is 18.9 Å². The summed E-state index contributed by atoms with van der Waals surface area (Å²) in [5, 5.41) is 13.4. The van der Waals surface area contributed by atoms with Gasteiger partial charge in [-0.15, -0.1) is 0 Å². The van der Waals surface area contributed by atoms with Gasteiger partial charge >= 0.3 is 0 Å². The largest absolute Gasteiger partial charge is 0.398 e. The highest BCUT2D eigenvalue weighted by atomic mass is 16.3. The summed E-state index contributed by atoms with van der Waals surface area (Å²) in [6, 6.07) is 5.82. The third-order valence-electron chi connectivity index (χ3n) is 2.84. The Kier molecular flexibility index (Phi) is 2.21. The number of aliphatic hydroxyl groups is 1. The number of nitrogens with one attached hydrogen (secondary N) is 1. The molecule has 0 spiro atoms. The summed E-state index contributed by atoms with van der Waals surface area (Å²) in [7, 11) is 0. The lowest BCUT2D eigenvalue weighted by Gasteiger charge is -2.23. The molecule has 0 saturated carbocycles. The highest BCUT2D eigenvalue weighted by molar-refractivity contribution is 5.52. The minimum atomic E-state index is -0.766. The molecule has 1 aromatic rings. The number of benzene rings is 1. The lowest BCUT2D eigenvalue weighted by Crippen LogP contribution is -2.29. The first-order chi connectivity index (χ1) is 6.62. The zero-order valence-electron chi connectivity index (χ0n) is 8.38. The summed E-state index contributed by atoms with van der Waals surface area (Å²) < 4.78 is 0. The second kappa shape index (κ2) is 3.26. The Balaban J connectivity index is 2.40. The number of anilines is 1. The Hall–Kier alpha value is -1.06. The van der Waals surface area contributed by atoms with Crippen LogP contribution in [0.5, 0.6) is 0 Å². The van der Waals surface area contributed by atoms with E-state index in [0.717, 1.165) is 24.1 Å². The van der Waals surface area contributed by atoms with E-state index < -0.39 is 5.60 Å². The molecule has 0 radical (unpaired) electrons. The maximum absolute atomic E-state index is 10.3. The van der Waals surface area contributed by atoms with Crippen molar-refractivity contribution in [3.8, 4) is 0 Å². The molecular formula is C11H16N2O. The van der Waals surface area contributed by atoms with Gasteiger partial charge in [0.05, 0.1) is 0 Å². The van der Waals surface area contributed by atoms with E-state index in [-0.39, 0.29) is 0 Å². The maximum atomic E-state index is 10.3. The first-order valence-corrected chi connectivity index (χ1v) is 4.91. The van der Waals surface area contributed by atoms with Gasteiger partial charge in [0.25, 0.3) is 0 Å². The second-order valence-electron chi connectivity index (χ2n) is 4.05. The third-order valence-corrected chi connectivity index (χ3v) is 2.84. The zero-order valence-corrected chi connectivity index (χ0v) is 8.38. The van der Waals surface area contributed by atoms with Gasteiger partial charge in [0, 0.05) is 17.8 Å². The molecule has 0 aliphatic carbocycles. The molecule has 1 saturated heterocycles. The Labute approximate surface area is 83.9 Å². The van der Waals surface area contributed by atoms with Crippen LogP contribution in [-0.2, 0) is 5.60 Å². The summed E-state index contributed by atoms with van der Waals surface area (Å²) >= 11 is 0. The van der Waals surface area contributed by atoms with Gasteiger partial charge < -0.3 is 16.2 Å². The van der Waals surface area contributed by atoms with Crippen LogP contribution in [0.25, 0.3) is 0 Å². The Morgan fingerprint density at radius 3 is 2.86 bits per heavy atom. The van der Waals surface area contributed by atoms with Crippen molar-refractivity contribution < 1.29 is 5.11 Å². The van der Waals surface area contributed by atoms with E-state index in [0.29, 0.717) is 12.2 Å². The molecule has 0 aromatic heterocycles. The van der Waals surface area contributed by atoms with Crippen LogP contribution in [0, 0.1) is 6.92 Å². The van der Waals surface area contributed by atoms with Gasteiger partial charge in [0.1, 0.15) is 5.60 Å². The highest BCUT2D eigenvalue weighted by Crippen LogP contribution is 2.31. The Bertz CT molecular complexity index is 343. The van der Waals surface area contributed by atoms with E-state index in [1.807, 2.05) is 25.1 Å². The molecule has 1 aromatic carbocycles. The van der Waals surface area contributed by atoms with Crippen LogP contribution in [0.4, 0.5) is 5.69 Å². The van der Waals surface area contributed by atoms with Crippen molar-refractivity contribution in [3.63, 3.8) is 0 Å². The van der Waals surface area contributed by atoms with E-state index in [9.17, 15) is 5.11 Å². The normalized spacial score (nSPS) is 26.7. The molecule has 1 aliphatic heterocycles. The fraction of sp³-hybridized carbons (Fsp3) is 0.455. The van der Waals surface area contributed by atoms with Crippen molar-refractivity contribution in [1.82, 2.24) is 5.32 Å². The zero-order chi connectivity index (χ0) is 10.2. The molecule has 3 nitrogen and oxygen atoms in total. The van der Waals surface area contributed by atoms with Crippen molar-refractivity contribution in [2.24, 2.45) is 0 Å². The fourth-order valence-corrected chi connectivity index (χ4v) is 2.01. The van der Waals surface area contributed by atoms with Crippen molar-refractivity contribution in [3.05, 3.63) is 29.3 Å². The van der Waals surface area contributed by atoms with Crippen LogP contribution in [0.3, 0.4) is 0 Å². The first kappa shape index (κ1) is 9.49. The molecule has 3 heteroatoms. The number of nitrogen functional groups attached to an aromatic ring is 1. The minimum absolute atomic E-state index is 0.597. The monoisotopic (exact) mass is 192 g/mol. The van der Waals surface area contributed by atoms with E-state index in [1.165, 1.54) is 0 Å². The number of aryl methyl sites for hydroxylation is 1. The van der Waals surface area contributed by atoms with Gasteiger partial charge in [0.2, 0.25) is 0 Å². The SMILES string of the molecule is Cc1ccc(C2(O)CCNC2)c(N)c1. The molecule has 14 heavy (non-hydrogen) atoms. The number of hydrogen-bond donors (Lipinski definition) is 3. The number of rotatable bonds is 1. The second-order valence-corrected chi connectivity index (χ2v) is 4.05. The smallest absolute Gasteiger partial charge is 0.105 e. The van der Waals surface area contributed by atoms with Crippen LogP contribution in [0.15, 0.2) is 18.2 Å². The lowest BCUT2D eigenvalue weighted by molar-refractivity contribution is 0.0595. The van der Waals surface area contributed by atoms with Crippen molar-refractivity contribution in [2.75, 3.05) is 18.8 Å². The molecule has 1 heterocycles. The van der Waals surface area contributed by atoms with E-state index in [2.05, 4.69) is 5.32 Å². The van der Waals surface area contributed by atoms with Crippen molar-refractivity contribution >= 4 is 5.69 Å². The molecular weight excluding hydrogens is 176 g/mol. The van der Waals surface area contributed by atoms with Crippen LogP contribution >= 0.6 is 0 Å². The molecule has 1 fully saturated rings. The van der Waals surface area contributed by atoms with Gasteiger partial charge in [-0.2, -0.15) is 0 Å². The Morgan fingerprint density at radius 1 is 1.50 bits per heavy atom. The number of hydrogen-bond acceptors (Lipinski definition) is 3. The molecule has 1 atom stereocenters. The molecule has 4 N–H and O–H groups in total. The average Bonchev–Trinajstić information content (AvgIpc) is 2.52. The molecule has 2 rings (SSSR count). The summed E-state index contributed by atoms with van der Waals surface area (Å²) in [5.41, 5.74) is 7.80. The first-order valence-electron chi connectivity index (χ1n) is 4.91. The van der Waals surface area contributed by atoms with Crippen molar-refractivity contribution in [1.29, 1.82) is 0 Å². The van der Waals surface area contributed by atoms with Gasteiger partial charge in [-0.25, -0.2) is 0 Å². The quantitative estimate of drug-likeness (QED) is 0.576. The maximum Gasteiger partial charge on any atom is 0.105 e. The highest BCUT2D eigenvalue weighted by Gasteiger charge is 2.34. The fourth-order valence-electron chi connectivity index (χ4n) is 2.01.